The molecule has 0 radical (unpaired) electrons. The van der Waals surface area contributed by atoms with Crippen molar-refractivity contribution in [1.29, 1.82) is 0 Å². The average Bonchev–Trinajstić information content (AvgIpc) is 2.81. The van der Waals surface area contributed by atoms with Crippen molar-refractivity contribution in [2.45, 2.75) is 11.8 Å². The molecule has 1 fully saturated rings. The summed E-state index contributed by atoms with van der Waals surface area (Å²) in [5.74, 6) is 0.826. The molecule has 1 aromatic heterocycles. The summed E-state index contributed by atoms with van der Waals surface area (Å²) in [5, 5.41) is 0. The Balaban J connectivity index is 1.48. The topological polar surface area (TPSA) is 85.9 Å². The molecular weight excluding hydrogens is 492 g/mol. The van der Waals surface area contributed by atoms with E-state index in [2.05, 4.69) is 30.5 Å². The number of hydrogen-bond acceptors (Lipinski definition) is 4. The standard InChI is InChI=1S/C23H22BrN4O3S/c1-17-8-9-20(24)21(15-17)26-32(30,31)19-6-4-5-18(16-19)23(29)28-13-11-27(12-14-28)22-7-2-3-10-25-22/h2-10,15-16H,11-14H2,1H3/q-1/p+1. The summed E-state index contributed by atoms with van der Waals surface area (Å²) in [6, 6.07) is 17.3. The van der Waals surface area contributed by atoms with E-state index >= 15 is 0 Å². The lowest BCUT2D eigenvalue weighted by Crippen LogP contribution is -2.50. The fraction of sp³-hybridized carbons (Fsp3) is 0.217. The highest BCUT2D eigenvalue weighted by Gasteiger charge is 2.27. The molecule has 1 aliphatic heterocycles. The number of carbonyl (C=O) groups excluding carboxylic acids is 1. The van der Waals surface area contributed by atoms with Gasteiger partial charge in [0, 0.05) is 16.1 Å². The molecule has 166 valence electrons. The number of halogens is 1. The van der Waals surface area contributed by atoms with Gasteiger partial charge in [0.1, 0.15) is 23.1 Å². The van der Waals surface area contributed by atoms with Gasteiger partial charge in [0.05, 0.1) is 24.2 Å². The number of H-pyrrole nitrogens is 1. The fourth-order valence-electron chi connectivity index (χ4n) is 3.58. The molecule has 1 aliphatic rings. The molecule has 32 heavy (non-hydrogen) atoms. The third-order valence-corrected chi connectivity index (χ3v) is 7.26. The number of nitrogens with zero attached hydrogens (tertiary/aromatic N) is 3. The summed E-state index contributed by atoms with van der Waals surface area (Å²) in [7, 11) is -3.97. The van der Waals surface area contributed by atoms with Crippen LogP contribution in [0.2, 0.25) is 0 Å². The average molecular weight is 515 g/mol. The van der Waals surface area contributed by atoms with Gasteiger partial charge in [-0.25, -0.2) is 13.4 Å². The van der Waals surface area contributed by atoms with Crippen LogP contribution < -0.4 is 9.88 Å². The van der Waals surface area contributed by atoms with Gasteiger partial charge in [0.2, 0.25) is 0 Å². The van der Waals surface area contributed by atoms with Crippen LogP contribution in [0.15, 0.2) is 76.2 Å². The molecule has 0 aliphatic carbocycles. The van der Waals surface area contributed by atoms with Crippen molar-refractivity contribution >= 4 is 43.4 Å². The van der Waals surface area contributed by atoms with Crippen LogP contribution in [0.25, 0.3) is 4.72 Å². The van der Waals surface area contributed by atoms with Crippen molar-refractivity contribution in [3.05, 3.63) is 87.2 Å². The Labute approximate surface area is 196 Å². The molecule has 3 aromatic rings. The number of anilines is 1. The third kappa shape index (κ3) is 4.94. The van der Waals surface area contributed by atoms with Crippen molar-refractivity contribution in [2.75, 3.05) is 31.1 Å². The van der Waals surface area contributed by atoms with E-state index in [1.807, 2.05) is 37.4 Å². The number of pyridine rings is 1. The van der Waals surface area contributed by atoms with E-state index in [1.54, 1.807) is 29.2 Å². The maximum atomic E-state index is 13.0. The van der Waals surface area contributed by atoms with Crippen molar-refractivity contribution in [3.8, 4) is 0 Å². The number of aryl methyl sites for hydroxylation is 1. The Bertz CT molecular complexity index is 1230. The zero-order chi connectivity index (χ0) is 22.7. The molecule has 0 atom stereocenters. The van der Waals surface area contributed by atoms with Crippen LogP contribution in [-0.4, -0.2) is 45.4 Å². The van der Waals surface area contributed by atoms with Gasteiger partial charge in [-0.15, -0.1) is 5.69 Å². The maximum absolute atomic E-state index is 13.0. The van der Waals surface area contributed by atoms with Crippen LogP contribution in [0.1, 0.15) is 15.9 Å². The number of hydrogen-bond donors (Lipinski definition) is 0. The Morgan fingerprint density at radius 2 is 1.78 bits per heavy atom. The van der Waals surface area contributed by atoms with Crippen molar-refractivity contribution < 1.29 is 18.2 Å². The summed E-state index contributed by atoms with van der Waals surface area (Å²) in [6.07, 6.45) is 1.87. The summed E-state index contributed by atoms with van der Waals surface area (Å²) < 4.78 is 30.3. The van der Waals surface area contributed by atoms with E-state index in [1.165, 1.54) is 12.1 Å². The summed E-state index contributed by atoms with van der Waals surface area (Å²) in [6.45, 7) is 4.37. The smallest absolute Gasteiger partial charge is 0.274 e. The Kier molecular flexibility index (Phi) is 6.48. The van der Waals surface area contributed by atoms with Gasteiger partial charge in [0.15, 0.2) is 0 Å². The predicted octanol–water partition coefficient (Wildman–Crippen LogP) is 3.93. The van der Waals surface area contributed by atoms with Crippen LogP contribution in [-0.2, 0) is 10.0 Å². The Morgan fingerprint density at radius 3 is 2.50 bits per heavy atom. The van der Waals surface area contributed by atoms with E-state index < -0.39 is 10.0 Å². The highest BCUT2D eigenvalue weighted by molar-refractivity contribution is 9.10. The van der Waals surface area contributed by atoms with Crippen LogP contribution in [0.5, 0.6) is 0 Å². The van der Waals surface area contributed by atoms with Crippen molar-refractivity contribution in [1.82, 2.24) is 4.90 Å². The van der Waals surface area contributed by atoms with E-state index in [4.69, 9.17) is 0 Å². The molecule has 1 amide bonds. The Morgan fingerprint density at radius 1 is 1.00 bits per heavy atom. The monoisotopic (exact) mass is 514 g/mol. The number of rotatable bonds is 5. The second-order valence-corrected chi connectivity index (χ2v) is 10.0. The number of benzene rings is 2. The maximum Gasteiger partial charge on any atom is 0.274 e. The quantitative estimate of drug-likeness (QED) is 0.516. The predicted molar refractivity (Wildman–Crippen MR) is 127 cm³/mol. The number of carbonyl (C=O) groups is 1. The summed E-state index contributed by atoms with van der Waals surface area (Å²) in [5.41, 5.74) is 1.57. The molecule has 7 nitrogen and oxygen atoms in total. The molecule has 2 aromatic carbocycles. The van der Waals surface area contributed by atoms with Gasteiger partial charge in [-0.1, -0.05) is 45.8 Å². The fourth-order valence-corrected chi connectivity index (χ4v) is 5.07. The van der Waals surface area contributed by atoms with Gasteiger partial charge >= 0.3 is 0 Å². The largest absolute Gasteiger partial charge is 0.572 e. The molecule has 4 rings (SSSR count). The lowest BCUT2D eigenvalue weighted by Gasteiger charge is -2.31. The first kappa shape index (κ1) is 22.3. The lowest BCUT2D eigenvalue weighted by molar-refractivity contribution is -0.364. The number of aromatic nitrogens is 1. The minimum absolute atomic E-state index is 0.00530. The van der Waals surface area contributed by atoms with Crippen LogP contribution in [0.4, 0.5) is 11.5 Å². The van der Waals surface area contributed by atoms with E-state index in [0.29, 0.717) is 41.9 Å². The highest BCUT2D eigenvalue weighted by Crippen LogP contribution is 2.35. The first-order chi connectivity index (χ1) is 15.3. The first-order valence-electron chi connectivity index (χ1n) is 10.2. The summed E-state index contributed by atoms with van der Waals surface area (Å²) >= 11 is 3.34. The van der Waals surface area contributed by atoms with E-state index in [-0.39, 0.29) is 10.8 Å². The normalized spacial score (nSPS) is 14.3. The molecule has 0 saturated carbocycles. The van der Waals surface area contributed by atoms with Gasteiger partial charge in [-0.05, 0) is 37.3 Å². The van der Waals surface area contributed by atoms with E-state index in [9.17, 15) is 13.2 Å². The van der Waals surface area contributed by atoms with Crippen LogP contribution in [0.3, 0.4) is 0 Å². The summed E-state index contributed by atoms with van der Waals surface area (Å²) in [4.78, 5) is 20.2. The number of sulfonamides is 1. The Hall–Kier alpha value is -2.91. The lowest BCUT2D eigenvalue weighted by atomic mass is 10.2. The third-order valence-electron chi connectivity index (χ3n) is 5.30. The molecular formula is C23H23BrN4O3S. The van der Waals surface area contributed by atoms with Gasteiger partial charge < -0.3 is 9.62 Å². The molecule has 0 unspecified atom stereocenters. The molecule has 0 bridgehead atoms. The second-order valence-electron chi connectivity index (χ2n) is 7.58. The van der Waals surface area contributed by atoms with Crippen LogP contribution in [0, 0.1) is 6.92 Å². The molecule has 9 heteroatoms. The molecule has 2 heterocycles. The molecule has 1 N–H and O–H groups in total. The zero-order valence-electron chi connectivity index (χ0n) is 17.5. The zero-order valence-corrected chi connectivity index (χ0v) is 19.9. The molecule has 0 spiro atoms. The number of aromatic amines is 1. The van der Waals surface area contributed by atoms with E-state index in [0.717, 1.165) is 11.4 Å². The van der Waals surface area contributed by atoms with Gasteiger partial charge in [-0.2, -0.15) is 0 Å². The number of piperazine rings is 1. The van der Waals surface area contributed by atoms with Crippen molar-refractivity contribution in [3.63, 3.8) is 0 Å². The highest BCUT2D eigenvalue weighted by atomic mass is 79.9. The van der Waals surface area contributed by atoms with Gasteiger partial charge in [-0.3, -0.25) is 9.69 Å². The van der Waals surface area contributed by atoms with Crippen LogP contribution >= 0.6 is 15.9 Å². The number of amides is 1. The number of nitrogens with one attached hydrogen (secondary N) is 1. The first-order valence-corrected chi connectivity index (χ1v) is 12.4. The SMILES string of the molecule is Cc1ccc(Br)c([N-]S(=O)(=O)c2cccc(C(=O)N3CCN(c4cccc[nH+]4)CC3)c2)c1. The van der Waals surface area contributed by atoms with Crippen molar-refractivity contribution in [2.24, 2.45) is 0 Å². The molecule has 1 saturated heterocycles. The van der Waals surface area contributed by atoms with Gasteiger partial charge in [0.25, 0.3) is 11.7 Å². The minimum atomic E-state index is -3.97. The minimum Gasteiger partial charge on any atom is -0.572 e. The second kappa shape index (κ2) is 9.30.